The van der Waals surface area contributed by atoms with Crippen LogP contribution in [0.15, 0.2) is 0 Å². The van der Waals surface area contributed by atoms with Gasteiger partial charge in [-0.25, -0.2) is 6.42 Å². The summed E-state index contributed by atoms with van der Waals surface area (Å²) < 4.78 is 0. The largest absolute Gasteiger partial charge is 0.372 e. The molecular formula is C20H38Y2-4. The van der Waals surface area contributed by atoms with Crippen molar-refractivity contribution < 1.29 is 65.4 Å². The van der Waals surface area contributed by atoms with E-state index < -0.39 is 0 Å². The van der Waals surface area contributed by atoms with E-state index in [0.29, 0.717) is 5.41 Å². The summed E-state index contributed by atoms with van der Waals surface area (Å²) in [6, 6.07) is 0. The molecule has 0 amide bonds. The van der Waals surface area contributed by atoms with Gasteiger partial charge >= 0.3 is 0 Å². The first kappa shape index (κ1) is 29.0. The second-order valence-corrected chi connectivity index (χ2v) is 7.18. The van der Waals surface area contributed by atoms with Crippen LogP contribution in [0.4, 0.5) is 0 Å². The minimum atomic E-state index is 0. The average Bonchev–Trinajstić information content (AvgIpc) is 3.00. The fourth-order valence-corrected chi connectivity index (χ4v) is 3.06. The maximum Gasteiger partial charge on any atom is 0 e. The average molecular weight is 456 g/mol. The van der Waals surface area contributed by atoms with Crippen LogP contribution in [-0.4, -0.2) is 0 Å². The summed E-state index contributed by atoms with van der Waals surface area (Å²) in [5.74, 6) is 1.68. The zero-order valence-electron chi connectivity index (χ0n) is 15.8. The van der Waals surface area contributed by atoms with Crippen molar-refractivity contribution in [2.75, 3.05) is 0 Å². The molecule has 0 N–H and O–H groups in total. The second kappa shape index (κ2) is 15.5. The molecule has 22 heavy (non-hydrogen) atoms. The van der Waals surface area contributed by atoms with Gasteiger partial charge in [0.25, 0.3) is 0 Å². The van der Waals surface area contributed by atoms with Crippen molar-refractivity contribution in [3.8, 4) is 0 Å². The van der Waals surface area contributed by atoms with Gasteiger partial charge in [0.15, 0.2) is 0 Å². The Kier molecular flexibility index (Phi) is 20.4. The Labute approximate surface area is 192 Å². The van der Waals surface area contributed by atoms with Crippen LogP contribution in [0.3, 0.4) is 0 Å². The normalized spacial score (nSPS) is 25.8. The van der Waals surface area contributed by atoms with Gasteiger partial charge in [-0.15, -0.1) is 0 Å². The summed E-state index contributed by atoms with van der Waals surface area (Å²) in [5, 5.41) is 0. The molecule has 0 heterocycles. The van der Waals surface area contributed by atoms with Gasteiger partial charge in [0.05, 0.1) is 0 Å². The Morgan fingerprint density at radius 2 is 1.36 bits per heavy atom. The molecule has 0 aromatic heterocycles. The number of hydrogen-bond acceptors (Lipinski definition) is 0. The molecule has 0 aromatic carbocycles. The molecule has 0 bridgehead atoms. The van der Waals surface area contributed by atoms with Gasteiger partial charge in [0.2, 0.25) is 0 Å². The molecule has 1 atom stereocenters. The van der Waals surface area contributed by atoms with E-state index in [2.05, 4.69) is 48.5 Å². The van der Waals surface area contributed by atoms with Crippen molar-refractivity contribution in [2.45, 2.75) is 91.9 Å². The maximum atomic E-state index is 4.28. The summed E-state index contributed by atoms with van der Waals surface area (Å²) >= 11 is 0. The van der Waals surface area contributed by atoms with Crippen LogP contribution in [0.2, 0.25) is 0 Å². The quantitative estimate of drug-likeness (QED) is 0.392. The molecule has 2 heteroatoms. The van der Waals surface area contributed by atoms with E-state index in [0.717, 1.165) is 12.8 Å². The first-order chi connectivity index (χ1) is 9.36. The second-order valence-electron chi connectivity index (χ2n) is 7.18. The monoisotopic (exact) mass is 456 g/mol. The first-order valence-electron chi connectivity index (χ1n) is 8.64. The standard InChI is InChI=1S/C10H18.C7H12.C3H8.2Y/c1-5-10(4)8-6-7-9(10,2)3;1-2-7-5-3-4-6-7;1-3-2;;/h1,4-8H2,2-3H3;1-6H2;3H2,1-2H3;;/q2*-2;;;. The Bertz CT molecular complexity index is 232. The molecule has 0 saturated heterocycles. The van der Waals surface area contributed by atoms with Crippen molar-refractivity contribution in [3.63, 3.8) is 0 Å². The van der Waals surface area contributed by atoms with Gasteiger partial charge in [-0.2, -0.15) is 18.3 Å². The van der Waals surface area contributed by atoms with E-state index in [1.807, 2.05) is 0 Å². The van der Waals surface area contributed by atoms with Crippen LogP contribution in [-0.2, 0) is 65.4 Å². The molecule has 128 valence electrons. The summed E-state index contributed by atoms with van der Waals surface area (Å²) in [4.78, 5) is 0. The Balaban J connectivity index is -0.000000267. The third-order valence-corrected chi connectivity index (χ3v) is 5.04. The SMILES string of the molecule is CCC.[CH2-]CC1([CH2-])CCCC1(C)C.[CH2-]C[C-]1CCCC1.[Y].[Y]. The zero-order valence-corrected chi connectivity index (χ0v) is 21.5. The van der Waals surface area contributed by atoms with E-state index in [-0.39, 0.29) is 70.8 Å². The van der Waals surface area contributed by atoms with E-state index >= 15 is 0 Å². The van der Waals surface area contributed by atoms with Crippen molar-refractivity contribution >= 4 is 0 Å². The molecular weight excluding hydrogens is 418 g/mol. The van der Waals surface area contributed by atoms with E-state index in [9.17, 15) is 0 Å². The van der Waals surface area contributed by atoms with Gasteiger partial charge in [-0.1, -0.05) is 71.6 Å². The summed E-state index contributed by atoms with van der Waals surface area (Å²) in [5.41, 5.74) is 0.696. The summed E-state index contributed by atoms with van der Waals surface area (Å²) in [6.45, 7) is 21.0. The zero-order chi connectivity index (χ0) is 15.6. The van der Waals surface area contributed by atoms with E-state index in [1.165, 1.54) is 51.4 Å². The predicted octanol–water partition coefficient (Wildman–Crippen LogP) is 7.01. The van der Waals surface area contributed by atoms with Crippen molar-refractivity contribution in [2.24, 2.45) is 10.8 Å². The molecule has 2 saturated carbocycles. The van der Waals surface area contributed by atoms with Gasteiger partial charge in [0.1, 0.15) is 0 Å². The van der Waals surface area contributed by atoms with Gasteiger partial charge in [-0.3, -0.25) is 0 Å². The van der Waals surface area contributed by atoms with Crippen LogP contribution in [0.5, 0.6) is 0 Å². The molecule has 0 nitrogen and oxygen atoms in total. The predicted molar refractivity (Wildman–Crippen MR) is 93.0 cm³/mol. The maximum absolute atomic E-state index is 4.28. The Morgan fingerprint density at radius 1 is 0.909 bits per heavy atom. The number of hydrogen-bond donors (Lipinski definition) is 0. The van der Waals surface area contributed by atoms with Gasteiger partial charge in [0, 0.05) is 65.4 Å². The van der Waals surface area contributed by atoms with Crippen molar-refractivity contribution in [1.82, 2.24) is 0 Å². The topological polar surface area (TPSA) is 0 Å². The third-order valence-electron chi connectivity index (χ3n) is 5.04. The van der Waals surface area contributed by atoms with Crippen molar-refractivity contribution in [1.29, 1.82) is 0 Å². The number of rotatable bonds is 2. The molecule has 2 fully saturated rings. The van der Waals surface area contributed by atoms with E-state index in [4.69, 9.17) is 0 Å². The minimum Gasteiger partial charge on any atom is -0.372 e. The minimum absolute atomic E-state index is 0. The molecule has 2 aliphatic rings. The summed E-state index contributed by atoms with van der Waals surface area (Å²) in [6.07, 6.45) is 12.8. The van der Waals surface area contributed by atoms with Crippen LogP contribution in [0.1, 0.15) is 91.9 Å². The molecule has 2 radical (unpaired) electrons. The molecule has 0 aromatic rings. The van der Waals surface area contributed by atoms with E-state index in [1.54, 1.807) is 5.92 Å². The molecule has 1 unspecified atom stereocenters. The smallest absolute Gasteiger partial charge is 0 e. The van der Waals surface area contributed by atoms with Crippen LogP contribution in [0.25, 0.3) is 0 Å². The fraction of sp³-hybridized carbons (Fsp3) is 0.800. The molecule has 0 aliphatic heterocycles. The van der Waals surface area contributed by atoms with Crippen LogP contribution < -0.4 is 0 Å². The fourth-order valence-electron chi connectivity index (χ4n) is 3.06. The van der Waals surface area contributed by atoms with Crippen LogP contribution in [0, 0.1) is 37.5 Å². The van der Waals surface area contributed by atoms with Crippen molar-refractivity contribution in [3.05, 3.63) is 26.7 Å². The first-order valence-corrected chi connectivity index (χ1v) is 8.64. The molecule has 0 spiro atoms. The van der Waals surface area contributed by atoms with Crippen LogP contribution >= 0.6 is 0 Å². The molecule has 2 aliphatic carbocycles. The Morgan fingerprint density at radius 3 is 1.55 bits per heavy atom. The summed E-state index contributed by atoms with van der Waals surface area (Å²) in [7, 11) is 0. The third kappa shape index (κ3) is 10.3. The van der Waals surface area contributed by atoms with Gasteiger partial charge < -0.3 is 33.1 Å². The molecule has 2 rings (SSSR count). The Hall–Kier alpha value is 2.21. The van der Waals surface area contributed by atoms with Gasteiger partial charge in [-0.05, 0) is 0 Å².